The second kappa shape index (κ2) is 7.61. The highest BCUT2D eigenvalue weighted by Crippen LogP contribution is 2.15. The topological polar surface area (TPSA) is 79.9 Å². The van der Waals surface area contributed by atoms with Crippen LogP contribution in [-0.4, -0.2) is 28.2 Å². The van der Waals surface area contributed by atoms with Crippen LogP contribution in [0.3, 0.4) is 0 Å². The summed E-state index contributed by atoms with van der Waals surface area (Å²) in [5, 5.41) is 9.84. The van der Waals surface area contributed by atoms with E-state index in [1.807, 2.05) is 0 Å². The van der Waals surface area contributed by atoms with E-state index in [-0.39, 0.29) is 12.3 Å². The lowest BCUT2D eigenvalue weighted by Crippen LogP contribution is -2.15. The second-order valence-electron chi connectivity index (χ2n) is 5.81. The molecular formula is C19H20N4O2. The number of hydrogen-bond donors (Lipinski definition) is 2. The predicted molar refractivity (Wildman–Crippen MR) is 95.7 cm³/mol. The Labute approximate surface area is 146 Å². The van der Waals surface area contributed by atoms with E-state index in [4.69, 9.17) is 4.74 Å². The number of amides is 1. The summed E-state index contributed by atoms with van der Waals surface area (Å²) in [6.07, 6.45) is 0.782. The van der Waals surface area contributed by atoms with Gasteiger partial charge < -0.3 is 10.1 Å². The zero-order chi connectivity index (χ0) is 17.6. The van der Waals surface area contributed by atoms with Crippen LogP contribution >= 0.6 is 0 Å². The summed E-state index contributed by atoms with van der Waals surface area (Å²) in [5.74, 6) is 1.81. The van der Waals surface area contributed by atoms with Crippen LogP contribution in [0.25, 0.3) is 0 Å². The van der Waals surface area contributed by atoms with Crippen molar-refractivity contribution in [1.82, 2.24) is 15.2 Å². The molecule has 3 aromatic rings. The average Bonchev–Trinajstić information content (AvgIpc) is 3.04. The van der Waals surface area contributed by atoms with E-state index in [9.17, 15) is 4.79 Å². The van der Waals surface area contributed by atoms with Gasteiger partial charge in [0.1, 0.15) is 11.6 Å². The summed E-state index contributed by atoms with van der Waals surface area (Å²) in [6, 6.07) is 15.4. The summed E-state index contributed by atoms with van der Waals surface area (Å²) < 4.78 is 5.09. The minimum absolute atomic E-state index is 0.121. The molecule has 0 saturated heterocycles. The van der Waals surface area contributed by atoms with Crippen molar-refractivity contribution >= 4 is 11.6 Å². The molecule has 0 aliphatic heterocycles. The third kappa shape index (κ3) is 4.67. The van der Waals surface area contributed by atoms with E-state index in [0.29, 0.717) is 17.9 Å². The van der Waals surface area contributed by atoms with Gasteiger partial charge in [0.25, 0.3) is 0 Å². The first kappa shape index (κ1) is 16.7. The number of aromatic amines is 1. The van der Waals surface area contributed by atoms with Crippen LogP contribution in [0.5, 0.6) is 5.75 Å². The van der Waals surface area contributed by atoms with Crippen LogP contribution in [0, 0.1) is 6.92 Å². The van der Waals surface area contributed by atoms with Gasteiger partial charge in [-0.25, -0.2) is 4.98 Å². The molecule has 1 heterocycles. The third-order valence-corrected chi connectivity index (χ3v) is 3.76. The first-order valence-electron chi connectivity index (χ1n) is 8.02. The fraction of sp³-hybridized carbons (Fsp3) is 0.211. The standard InChI is InChI=1S/C19H20N4O2/c1-13-3-5-14(6-4-13)11-17-21-18(23-22-17)12-19(24)20-15-7-9-16(25-2)10-8-15/h3-10H,11-12H2,1-2H3,(H,20,24)(H,21,22,23). The van der Waals surface area contributed by atoms with Gasteiger partial charge in [0, 0.05) is 12.1 Å². The summed E-state index contributed by atoms with van der Waals surface area (Å²) in [4.78, 5) is 16.5. The van der Waals surface area contributed by atoms with Crippen LogP contribution < -0.4 is 10.1 Å². The number of aryl methyl sites for hydroxylation is 1. The minimum atomic E-state index is -0.161. The SMILES string of the molecule is COc1ccc(NC(=O)Cc2n[nH]c(Cc3ccc(C)cc3)n2)cc1. The lowest BCUT2D eigenvalue weighted by molar-refractivity contribution is -0.115. The molecule has 128 valence electrons. The Morgan fingerprint density at radius 2 is 1.84 bits per heavy atom. The number of anilines is 1. The van der Waals surface area contributed by atoms with E-state index < -0.39 is 0 Å². The van der Waals surface area contributed by atoms with Crippen LogP contribution in [0.1, 0.15) is 22.8 Å². The first-order valence-corrected chi connectivity index (χ1v) is 8.02. The molecule has 6 nitrogen and oxygen atoms in total. The summed E-state index contributed by atoms with van der Waals surface area (Å²) in [7, 11) is 1.60. The Bertz CT molecular complexity index is 839. The van der Waals surface area contributed by atoms with Crippen molar-refractivity contribution in [1.29, 1.82) is 0 Å². The van der Waals surface area contributed by atoms with Gasteiger partial charge in [-0.1, -0.05) is 29.8 Å². The number of aromatic nitrogens is 3. The number of H-pyrrole nitrogens is 1. The molecule has 0 saturated carbocycles. The van der Waals surface area contributed by atoms with Crippen LogP contribution in [0.2, 0.25) is 0 Å². The Morgan fingerprint density at radius 1 is 1.12 bits per heavy atom. The molecule has 1 amide bonds. The predicted octanol–water partition coefficient (Wildman–Crippen LogP) is 2.89. The molecular weight excluding hydrogens is 316 g/mol. The van der Waals surface area contributed by atoms with Gasteiger partial charge in [0.05, 0.1) is 13.5 Å². The third-order valence-electron chi connectivity index (χ3n) is 3.76. The minimum Gasteiger partial charge on any atom is -0.497 e. The molecule has 0 unspecified atom stereocenters. The Kier molecular flexibility index (Phi) is 5.09. The summed E-state index contributed by atoms with van der Waals surface area (Å²) in [5.41, 5.74) is 3.08. The maximum absolute atomic E-state index is 12.1. The van der Waals surface area contributed by atoms with Crippen LogP contribution in [0.15, 0.2) is 48.5 Å². The molecule has 0 fully saturated rings. The molecule has 0 radical (unpaired) electrons. The molecule has 6 heteroatoms. The Morgan fingerprint density at radius 3 is 2.52 bits per heavy atom. The number of ether oxygens (including phenoxy) is 1. The molecule has 0 bridgehead atoms. The molecule has 0 aliphatic rings. The summed E-state index contributed by atoms with van der Waals surface area (Å²) >= 11 is 0. The molecule has 2 aromatic carbocycles. The van der Waals surface area contributed by atoms with Gasteiger partial charge in [-0.3, -0.25) is 9.89 Å². The number of benzene rings is 2. The van der Waals surface area contributed by atoms with Crippen molar-refractivity contribution in [3.05, 3.63) is 71.3 Å². The average molecular weight is 336 g/mol. The molecule has 3 rings (SSSR count). The number of nitrogens with zero attached hydrogens (tertiary/aromatic N) is 2. The van der Waals surface area contributed by atoms with Crippen LogP contribution in [0.4, 0.5) is 5.69 Å². The van der Waals surface area contributed by atoms with Gasteiger partial charge in [-0.05, 0) is 36.8 Å². The highest BCUT2D eigenvalue weighted by molar-refractivity contribution is 5.91. The van der Waals surface area contributed by atoms with E-state index in [2.05, 4.69) is 51.7 Å². The van der Waals surface area contributed by atoms with Crippen molar-refractivity contribution in [3.8, 4) is 5.75 Å². The van der Waals surface area contributed by atoms with E-state index in [1.165, 1.54) is 5.56 Å². The van der Waals surface area contributed by atoms with Gasteiger partial charge in [-0.15, -0.1) is 0 Å². The molecule has 0 spiro atoms. The van der Waals surface area contributed by atoms with Gasteiger partial charge in [0.2, 0.25) is 5.91 Å². The number of carbonyl (C=O) groups excluding carboxylic acids is 1. The van der Waals surface area contributed by atoms with Gasteiger partial charge in [-0.2, -0.15) is 5.10 Å². The summed E-state index contributed by atoms with van der Waals surface area (Å²) in [6.45, 7) is 2.05. The smallest absolute Gasteiger partial charge is 0.232 e. The second-order valence-corrected chi connectivity index (χ2v) is 5.81. The zero-order valence-corrected chi connectivity index (χ0v) is 14.2. The molecule has 0 atom stereocenters. The molecule has 25 heavy (non-hydrogen) atoms. The van der Waals surface area contributed by atoms with E-state index in [0.717, 1.165) is 17.1 Å². The van der Waals surface area contributed by atoms with Gasteiger partial charge >= 0.3 is 0 Å². The van der Waals surface area contributed by atoms with Crippen molar-refractivity contribution in [2.45, 2.75) is 19.8 Å². The highest BCUT2D eigenvalue weighted by atomic mass is 16.5. The monoisotopic (exact) mass is 336 g/mol. The van der Waals surface area contributed by atoms with Crippen molar-refractivity contribution < 1.29 is 9.53 Å². The number of nitrogens with one attached hydrogen (secondary N) is 2. The molecule has 0 aliphatic carbocycles. The quantitative estimate of drug-likeness (QED) is 0.725. The fourth-order valence-corrected chi connectivity index (χ4v) is 2.42. The number of hydrogen-bond acceptors (Lipinski definition) is 4. The number of rotatable bonds is 6. The normalized spacial score (nSPS) is 10.5. The maximum Gasteiger partial charge on any atom is 0.232 e. The first-order chi connectivity index (χ1) is 12.1. The largest absolute Gasteiger partial charge is 0.497 e. The number of carbonyl (C=O) groups is 1. The Balaban J connectivity index is 1.56. The lowest BCUT2D eigenvalue weighted by atomic mass is 10.1. The lowest BCUT2D eigenvalue weighted by Gasteiger charge is -2.04. The number of methoxy groups -OCH3 is 1. The fourth-order valence-electron chi connectivity index (χ4n) is 2.42. The highest BCUT2D eigenvalue weighted by Gasteiger charge is 2.10. The van der Waals surface area contributed by atoms with Crippen molar-refractivity contribution in [2.24, 2.45) is 0 Å². The van der Waals surface area contributed by atoms with Crippen LogP contribution in [-0.2, 0) is 17.6 Å². The molecule has 1 aromatic heterocycles. The zero-order valence-electron chi connectivity index (χ0n) is 14.2. The van der Waals surface area contributed by atoms with E-state index in [1.54, 1.807) is 31.4 Å². The van der Waals surface area contributed by atoms with Crippen molar-refractivity contribution in [2.75, 3.05) is 12.4 Å². The Hall–Kier alpha value is -3.15. The molecule has 2 N–H and O–H groups in total. The van der Waals surface area contributed by atoms with Gasteiger partial charge in [0.15, 0.2) is 5.82 Å². The van der Waals surface area contributed by atoms with Crippen molar-refractivity contribution in [3.63, 3.8) is 0 Å². The van der Waals surface area contributed by atoms with E-state index >= 15 is 0 Å². The maximum atomic E-state index is 12.1.